The molecular weight excluding hydrogens is 304 g/mol. The molecule has 0 amide bonds. The molecule has 3 N–H and O–H groups in total. The molecule has 0 aliphatic rings. The van der Waals surface area contributed by atoms with E-state index in [1.807, 2.05) is 0 Å². The first-order chi connectivity index (χ1) is 8.90. The summed E-state index contributed by atoms with van der Waals surface area (Å²) in [6.07, 6.45) is 0.305. The van der Waals surface area contributed by atoms with Crippen molar-refractivity contribution in [3.8, 4) is 0 Å². The maximum atomic E-state index is 12.3. The topological polar surface area (TPSA) is 98.0 Å². The number of nitrogens with two attached hydrogens (primary N) is 1. The van der Waals surface area contributed by atoms with Gasteiger partial charge in [0.2, 0.25) is 10.0 Å². The van der Waals surface area contributed by atoms with Gasteiger partial charge in [0.25, 0.3) is 0 Å². The van der Waals surface area contributed by atoms with Crippen LogP contribution in [0.5, 0.6) is 0 Å². The van der Waals surface area contributed by atoms with E-state index in [0.29, 0.717) is 17.5 Å². The fourth-order valence-corrected chi connectivity index (χ4v) is 3.93. The monoisotopic (exact) mass is 316 g/mol. The van der Waals surface area contributed by atoms with Gasteiger partial charge in [0, 0.05) is 12.5 Å². The van der Waals surface area contributed by atoms with Crippen LogP contribution < -0.4 is 10.5 Å². The van der Waals surface area contributed by atoms with Gasteiger partial charge in [-0.3, -0.25) is 0 Å². The van der Waals surface area contributed by atoms with Gasteiger partial charge in [0.1, 0.15) is 15.9 Å². The lowest BCUT2D eigenvalue weighted by molar-refractivity contribution is 0.565. The zero-order valence-electron chi connectivity index (χ0n) is 10.0. The van der Waals surface area contributed by atoms with E-state index in [0.717, 1.165) is 11.7 Å². The zero-order valence-corrected chi connectivity index (χ0v) is 12.5. The number of sulfonamides is 1. The summed E-state index contributed by atoms with van der Waals surface area (Å²) in [6.45, 7) is 1.70. The molecule has 0 saturated heterocycles. The number of hydrogen-bond donors (Lipinski definition) is 2. The molecule has 9 heteroatoms. The largest absolute Gasteiger partial charge is 0.393 e. The van der Waals surface area contributed by atoms with Gasteiger partial charge in [-0.1, -0.05) is 18.3 Å². The molecule has 0 saturated carbocycles. The minimum Gasteiger partial charge on any atom is -0.393 e. The second-order valence-corrected chi connectivity index (χ2v) is 6.82. The molecule has 0 fully saturated rings. The van der Waals surface area contributed by atoms with Crippen molar-refractivity contribution >= 4 is 50.0 Å². The van der Waals surface area contributed by atoms with Crippen LogP contribution in [0.25, 0.3) is 11.0 Å². The average Bonchev–Trinajstić information content (AvgIpc) is 2.73. The quantitative estimate of drug-likeness (QED) is 0.800. The molecule has 19 heavy (non-hydrogen) atoms. The molecule has 102 valence electrons. The fraction of sp³-hybridized carbons (Fsp3) is 0.300. The number of nitrogens with zero attached hydrogens (tertiary/aromatic N) is 2. The highest BCUT2D eigenvalue weighted by Crippen LogP contribution is 2.21. The van der Waals surface area contributed by atoms with Gasteiger partial charge in [-0.25, -0.2) is 13.1 Å². The Kier molecular flexibility index (Phi) is 4.09. The van der Waals surface area contributed by atoms with E-state index in [2.05, 4.69) is 13.5 Å². The predicted molar refractivity (Wildman–Crippen MR) is 78.6 cm³/mol. The van der Waals surface area contributed by atoms with Crippen LogP contribution in [0.1, 0.15) is 13.3 Å². The summed E-state index contributed by atoms with van der Waals surface area (Å²) in [7, 11) is -3.66. The molecule has 2 rings (SSSR count). The third-order valence-corrected chi connectivity index (χ3v) is 4.73. The third kappa shape index (κ3) is 3.24. The molecule has 6 nitrogen and oxygen atoms in total. The summed E-state index contributed by atoms with van der Waals surface area (Å²) in [5.41, 5.74) is 6.34. The van der Waals surface area contributed by atoms with Crippen LogP contribution in [0.4, 0.5) is 0 Å². The minimum atomic E-state index is -3.66. The van der Waals surface area contributed by atoms with E-state index in [4.69, 9.17) is 18.0 Å². The number of nitrogens with one attached hydrogen (secondary N) is 1. The Labute approximate surface area is 120 Å². The van der Waals surface area contributed by atoms with Gasteiger partial charge in [0.05, 0.1) is 16.7 Å². The summed E-state index contributed by atoms with van der Waals surface area (Å²) in [5, 5.41) is 0. The molecule has 2 aromatic rings. The molecule has 0 aliphatic heterocycles. The lowest BCUT2D eigenvalue weighted by atomic mass is 10.3. The van der Waals surface area contributed by atoms with Gasteiger partial charge in [-0.2, -0.15) is 8.75 Å². The van der Waals surface area contributed by atoms with Crippen molar-refractivity contribution in [1.82, 2.24) is 13.5 Å². The number of hydrogen-bond acceptors (Lipinski definition) is 6. The van der Waals surface area contributed by atoms with E-state index >= 15 is 0 Å². The van der Waals surface area contributed by atoms with Crippen molar-refractivity contribution in [1.29, 1.82) is 0 Å². The van der Waals surface area contributed by atoms with Crippen molar-refractivity contribution in [3.05, 3.63) is 18.2 Å². The van der Waals surface area contributed by atoms with Crippen molar-refractivity contribution < 1.29 is 8.42 Å². The molecule has 1 atom stereocenters. The first-order valence-electron chi connectivity index (χ1n) is 5.42. The summed E-state index contributed by atoms with van der Waals surface area (Å²) in [6, 6.07) is 4.48. The highest BCUT2D eigenvalue weighted by molar-refractivity contribution is 7.89. The van der Waals surface area contributed by atoms with Gasteiger partial charge in [0.15, 0.2) is 0 Å². The average molecular weight is 316 g/mol. The fourth-order valence-electron chi connectivity index (χ4n) is 1.67. The molecule has 1 unspecified atom stereocenters. The lowest BCUT2D eigenvalue weighted by Crippen LogP contribution is -2.35. The Hall–Kier alpha value is -1.16. The van der Waals surface area contributed by atoms with Crippen molar-refractivity contribution in [2.45, 2.75) is 24.3 Å². The van der Waals surface area contributed by atoms with Crippen LogP contribution in [-0.4, -0.2) is 28.2 Å². The van der Waals surface area contributed by atoms with Crippen LogP contribution in [0.15, 0.2) is 23.1 Å². The Balaban J connectivity index is 2.34. The van der Waals surface area contributed by atoms with E-state index in [9.17, 15) is 8.42 Å². The summed E-state index contributed by atoms with van der Waals surface area (Å²) < 4.78 is 35.1. The van der Waals surface area contributed by atoms with Gasteiger partial charge < -0.3 is 5.73 Å². The molecular formula is C10H12N4O2S3. The Morgan fingerprint density at radius 3 is 2.95 bits per heavy atom. The van der Waals surface area contributed by atoms with Crippen molar-refractivity contribution in [2.75, 3.05) is 0 Å². The first kappa shape index (κ1) is 14.3. The van der Waals surface area contributed by atoms with Crippen LogP contribution >= 0.6 is 23.9 Å². The van der Waals surface area contributed by atoms with Crippen molar-refractivity contribution in [2.24, 2.45) is 5.73 Å². The normalized spacial score (nSPS) is 13.5. The molecule has 0 bridgehead atoms. The van der Waals surface area contributed by atoms with Crippen LogP contribution in [0.3, 0.4) is 0 Å². The molecule has 1 aromatic heterocycles. The predicted octanol–water partition coefficient (Wildman–Crippen LogP) is 1.03. The molecule has 1 heterocycles. The van der Waals surface area contributed by atoms with Gasteiger partial charge in [-0.05, 0) is 19.1 Å². The number of thiocarbonyl (C=S) groups is 1. The Morgan fingerprint density at radius 2 is 2.26 bits per heavy atom. The van der Waals surface area contributed by atoms with Crippen LogP contribution in [-0.2, 0) is 10.0 Å². The first-order valence-corrected chi connectivity index (χ1v) is 8.04. The van der Waals surface area contributed by atoms with E-state index in [1.54, 1.807) is 19.1 Å². The smallest absolute Gasteiger partial charge is 0.243 e. The number of fused-ring (bicyclic) bond motifs is 1. The number of rotatable bonds is 5. The Bertz CT molecular complexity index is 710. The maximum Gasteiger partial charge on any atom is 0.243 e. The van der Waals surface area contributed by atoms with Crippen molar-refractivity contribution in [3.63, 3.8) is 0 Å². The zero-order chi connectivity index (χ0) is 14.0. The summed E-state index contributed by atoms with van der Waals surface area (Å²) in [5.74, 6) is 0. The van der Waals surface area contributed by atoms with Gasteiger partial charge in [-0.15, -0.1) is 0 Å². The third-order valence-electron chi connectivity index (χ3n) is 2.40. The maximum absolute atomic E-state index is 12.3. The standard InChI is InChI=1S/C10H12N4O2S3/c1-6(5-9(11)17)14-19(15,16)8-4-2-3-7-10(8)13-18-12-7/h2-4,6,14H,5H2,1H3,(H2,11,17). The summed E-state index contributed by atoms with van der Waals surface area (Å²) >= 11 is 5.74. The second-order valence-electron chi connectivity index (χ2n) is 4.08. The SMILES string of the molecule is CC(CC(N)=S)NS(=O)(=O)c1cccc2nsnc12. The lowest BCUT2D eigenvalue weighted by Gasteiger charge is -2.13. The summed E-state index contributed by atoms with van der Waals surface area (Å²) in [4.78, 5) is 0.386. The minimum absolute atomic E-state index is 0.119. The molecule has 1 aromatic carbocycles. The van der Waals surface area contributed by atoms with E-state index in [1.165, 1.54) is 6.07 Å². The molecule has 0 spiro atoms. The Morgan fingerprint density at radius 1 is 1.53 bits per heavy atom. The van der Waals surface area contributed by atoms with Crippen LogP contribution in [0.2, 0.25) is 0 Å². The number of aromatic nitrogens is 2. The highest BCUT2D eigenvalue weighted by atomic mass is 32.2. The number of benzene rings is 1. The van der Waals surface area contributed by atoms with Gasteiger partial charge >= 0.3 is 0 Å². The van der Waals surface area contributed by atoms with E-state index < -0.39 is 10.0 Å². The molecule has 0 aliphatic carbocycles. The van der Waals surface area contributed by atoms with E-state index in [-0.39, 0.29) is 15.9 Å². The van der Waals surface area contributed by atoms with Crippen LogP contribution in [0, 0.1) is 0 Å². The molecule has 0 radical (unpaired) electrons. The second kappa shape index (κ2) is 5.45. The highest BCUT2D eigenvalue weighted by Gasteiger charge is 2.21.